The molecule has 1 saturated heterocycles. The van der Waals surface area contributed by atoms with Gasteiger partial charge in [-0.25, -0.2) is 8.42 Å². The van der Waals surface area contributed by atoms with Crippen LogP contribution >= 0.6 is 11.6 Å². The summed E-state index contributed by atoms with van der Waals surface area (Å²) in [7, 11) is -4.00. The van der Waals surface area contributed by atoms with Crippen LogP contribution in [-0.2, 0) is 37.5 Å². The highest BCUT2D eigenvalue weighted by atomic mass is 35.5. The molecule has 0 saturated carbocycles. The van der Waals surface area contributed by atoms with E-state index in [1.54, 1.807) is 24.3 Å². The first-order chi connectivity index (χ1) is 15.2. The summed E-state index contributed by atoms with van der Waals surface area (Å²) in [5.41, 5.74) is 3.08. The number of benzene rings is 2. The maximum Gasteiger partial charge on any atom is 0.324 e. The zero-order valence-corrected chi connectivity index (χ0v) is 19.3. The maximum absolute atomic E-state index is 13.2. The molecule has 2 aliphatic heterocycles. The molecule has 0 amide bonds. The SMILES string of the molecule is Cc1ccc(S(=O)(=O)N2CC(O)C[C@H]2C(=O)OCc2cc(Cl)cc3c2OCOC3)cc1C. The van der Waals surface area contributed by atoms with Crippen LogP contribution in [0.3, 0.4) is 0 Å². The van der Waals surface area contributed by atoms with Crippen molar-refractivity contribution in [2.75, 3.05) is 13.3 Å². The average Bonchev–Trinajstić information content (AvgIpc) is 3.16. The lowest BCUT2D eigenvalue weighted by atomic mass is 10.1. The zero-order chi connectivity index (χ0) is 23.0. The molecule has 1 unspecified atom stereocenters. The summed E-state index contributed by atoms with van der Waals surface area (Å²) in [4.78, 5) is 13.0. The topological polar surface area (TPSA) is 102 Å². The minimum atomic E-state index is -4.00. The van der Waals surface area contributed by atoms with Crippen molar-refractivity contribution < 1.29 is 32.5 Å². The number of esters is 1. The second-order valence-electron chi connectivity index (χ2n) is 8.00. The van der Waals surface area contributed by atoms with E-state index in [0.29, 0.717) is 22.9 Å². The summed E-state index contributed by atoms with van der Waals surface area (Å²) in [5.74, 6) is -0.200. The normalized spacial score (nSPS) is 21.1. The number of hydrogen-bond donors (Lipinski definition) is 1. The third-order valence-corrected chi connectivity index (χ3v) is 7.80. The first kappa shape index (κ1) is 23.0. The van der Waals surface area contributed by atoms with Gasteiger partial charge >= 0.3 is 5.97 Å². The first-order valence-electron chi connectivity index (χ1n) is 10.1. The van der Waals surface area contributed by atoms with Gasteiger partial charge in [0.05, 0.1) is 17.6 Å². The van der Waals surface area contributed by atoms with Crippen molar-refractivity contribution >= 4 is 27.6 Å². The van der Waals surface area contributed by atoms with Gasteiger partial charge in [0.2, 0.25) is 10.0 Å². The molecule has 8 nitrogen and oxygen atoms in total. The van der Waals surface area contributed by atoms with E-state index in [9.17, 15) is 18.3 Å². The Labute approximate surface area is 191 Å². The van der Waals surface area contributed by atoms with Crippen molar-refractivity contribution in [3.05, 3.63) is 57.6 Å². The van der Waals surface area contributed by atoms with E-state index in [1.807, 2.05) is 13.8 Å². The number of carbonyl (C=O) groups is 1. The maximum atomic E-state index is 13.2. The number of hydrogen-bond acceptors (Lipinski definition) is 7. The smallest absolute Gasteiger partial charge is 0.324 e. The molecule has 0 aromatic heterocycles. The third kappa shape index (κ3) is 4.49. The Bertz CT molecular complexity index is 1150. The lowest BCUT2D eigenvalue weighted by molar-refractivity contribution is -0.149. The summed E-state index contributed by atoms with van der Waals surface area (Å²) in [6.07, 6.45) is -1.01. The Kier molecular flexibility index (Phi) is 6.46. The van der Waals surface area contributed by atoms with Crippen molar-refractivity contribution in [1.29, 1.82) is 0 Å². The van der Waals surface area contributed by atoms with Crippen LogP contribution in [-0.4, -0.2) is 49.3 Å². The lowest BCUT2D eigenvalue weighted by Gasteiger charge is -2.24. The molecule has 32 heavy (non-hydrogen) atoms. The van der Waals surface area contributed by atoms with Crippen LogP contribution in [0, 0.1) is 13.8 Å². The van der Waals surface area contributed by atoms with Crippen LogP contribution in [0.15, 0.2) is 35.2 Å². The number of sulfonamides is 1. The third-order valence-electron chi connectivity index (χ3n) is 5.71. The monoisotopic (exact) mass is 481 g/mol. The number of β-amino-alcohol motifs (C(OH)–C–C–N with tert-alkyl or cyclic N) is 1. The van der Waals surface area contributed by atoms with E-state index < -0.39 is 28.1 Å². The number of fused-ring (bicyclic) bond motifs is 1. The predicted molar refractivity (Wildman–Crippen MR) is 116 cm³/mol. The molecule has 0 radical (unpaired) electrons. The van der Waals surface area contributed by atoms with Crippen molar-refractivity contribution in [3.63, 3.8) is 0 Å². The highest BCUT2D eigenvalue weighted by molar-refractivity contribution is 7.89. The standard InChI is InChI=1S/C22H24ClNO7S/c1-13-3-4-19(5-14(13)2)32(27,28)24-9-18(25)8-20(24)22(26)30-11-16-7-17(23)6-15-10-29-12-31-21(15)16/h3-7,18,20,25H,8-12H2,1-2H3/t18?,20-/m0/s1. The van der Waals surface area contributed by atoms with Crippen LogP contribution in [0.25, 0.3) is 0 Å². The van der Waals surface area contributed by atoms with Crippen LogP contribution in [0.2, 0.25) is 5.02 Å². The van der Waals surface area contributed by atoms with Gasteiger partial charge in [0.25, 0.3) is 0 Å². The predicted octanol–water partition coefficient (Wildman–Crippen LogP) is 2.69. The molecule has 2 aromatic rings. The number of aliphatic hydroxyl groups excluding tert-OH is 1. The number of aryl methyl sites for hydroxylation is 2. The number of rotatable bonds is 5. The Morgan fingerprint density at radius 1 is 1.25 bits per heavy atom. The highest BCUT2D eigenvalue weighted by Crippen LogP contribution is 2.33. The number of halogens is 1. The molecule has 4 rings (SSSR count). The van der Waals surface area contributed by atoms with Gasteiger partial charge in [-0.2, -0.15) is 4.31 Å². The molecule has 10 heteroatoms. The molecular formula is C22H24ClNO7S. The number of carbonyl (C=O) groups excluding carboxylic acids is 1. The minimum absolute atomic E-state index is 0.0408. The van der Waals surface area contributed by atoms with Gasteiger partial charge < -0.3 is 19.3 Å². The van der Waals surface area contributed by atoms with E-state index in [1.165, 1.54) is 6.07 Å². The molecule has 1 N–H and O–H groups in total. The van der Waals surface area contributed by atoms with Crippen molar-refractivity contribution in [3.8, 4) is 5.75 Å². The fourth-order valence-corrected chi connectivity index (χ4v) is 5.86. The average molecular weight is 482 g/mol. The minimum Gasteiger partial charge on any atom is -0.467 e. The summed E-state index contributed by atoms with van der Waals surface area (Å²) in [6.45, 7) is 3.78. The van der Waals surface area contributed by atoms with Crippen molar-refractivity contribution in [1.82, 2.24) is 4.31 Å². The largest absolute Gasteiger partial charge is 0.467 e. The molecule has 1 fully saturated rings. The molecule has 0 spiro atoms. The van der Waals surface area contributed by atoms with Crippen molar-refractivity contribution in [2.45, 2.75) is 50.5 Å². The van der Waals surface area contributed by atoms with Gasteiger partial charge in [0, 0.05) is 29.1 Å². The molecule has 172 valence electrons. The summed E-state index contributed by atoms with van der Waals surface area (Å²) in [6, 6.07) is 7.00. The summed E-state index contributed by atoms with van der Waals surface area (Å²) < 4.78 is 43.7. The van der Waals surface area contributed by atoms with E-state index in [2.05, 4.69) is 0 Å². The highest BCUT2D eigenvalue weighted by Gasteiger charge is 2.44. The van der Waals surface area contributed by atoms with Crippen LogP contribution < -0.4 is 4.74 Å². The molecule has 0 aliphatic carbocycles. The van der Waals surface area contributed by atoms with Gasteiger partial charge in [0.15, 0.2) is 6.79 Å². The molecule has 2 atom stereocenters. The first-order valence-corrected chi connectivity index (χ1v) is 11.9. The molecular weight excluding hydrogens is 458 g/mol. The second kappa shape index (κ2) is 8.99. The fourth-order valence-electron chi connectivity index (χ4n) is 3.88. The summed E-state index contributed by atoms with van der Waals surface area (Å²) >= 11 is 6.15. The van der Waals surface area contributed by atoms with E-state index in [0.717, 1.165) is 21.0 Å². The van der Waals surface area contributed by atoms with Crippen LogP contribution in [0.4, 0.5) is 0 Å². The Hall–Kier alpha value is -2.17. The van der Waals surface area contributed by atoms with Gasteiger partial charge in [-0.15, -0.1) is 0 Å². The number of ether oxygens (including phenoxy) is 3. The van der Waals surface area contributed by atoms with E-state index in [4.69, 9.17) is 25.8 Å². The lowest BCUT2D eigenvalue weighted by Crippen LogP contribution is -2.41. The van der Waals surface area contributed by atoms with Gasteiger partial charge in [-0.1, -0.05) is 17.7 Å². The molecule has 0 bridgehead atoms. The molecule has 2 aromatic carbocycles. The zero-order valence-electron chi connectivity index (χ0n) is 17.7. The molecule has 2 aliphatic rings. The van der Waals surface area contributed by atoms with E-state index in [-0.39, 0.29) is 31.3 Å². The van der Waals surface area contributed by atoms with E-state index >= 15 is 0 Å². The molecule has 2 heterocycles. The van der Waals surface area contributed by atoms with Gasteiger partial charge in [-0.3, -0.25) is 4.79 Å². The number of aliphatic hydroxyl groups is 1. The van der Waals surface area contributed by atoms with Crippen molar-refractivity contribution in [2.24, 2.45) is 0 Å². The van der Waals surface area contributed by atoms with Gasteiger partial charge in [-0.05, 0) is 49.2 Å². The van der Waals surface area contributed by atoms with Crippen LogP contribution in [0.1, 0.15) is 28.7 Å². The fraction of sp³-hybridized carbons (Fsp3) is 0.409. The second-order valence-corrected chi connectivity index (χ2v) is 10.3. The summed E-state index contributed by atoms with van der Waals surface area (Å²) in [5, 5.41) is 10.6. The Morgan fingerprint density at radius 3 is 2.78 bits per heavy atom. The Balaban J connectivity index is 1.54. The van der Waals surface area contributed by atoms with Crippen LogP contribution in [0.5, 0.6) is 5.75 Å². The number of nitrogens with zero attached hydrogens (tertiary/aromatic N) is 1. The van der Waals surface area contributed by atoms with Gasteiger partial charge in [0.1, 0.15) is 18.4 Å². The quantitative estimate of drug-likeness (QED) is 0.655. The Morgan fingerprint density at radius 2 is 2.03 bits per heavy atom.